The third kappa shape index (κ3) is 7.50. The van der Waals surface area contributed by atoms with Crippen molar-refractivity contribution in [3.8, 4) is 0 Å². The van der Waals surface area contributed by atoms with E-state index in [9.17, 15) is 14.4 Å². The summed E-state index contributed by atoms with van der Waals surface area (Å²) in [5.74, 6) is -0.533. The number of nitrogens with one attached hydrogen (secondary N) is 2. The fourth-order valence-corrected chi connectivity index (χ4v) is 4.29. The van der Waals surface area contributed by atoms with Gasteiger partial charge in [-0.1, -0.05) is 54.1 Å². The Kier molecular flexibility index (Phi) is 9.06. The second-order valence-electron chi connectivity index (χ2n) is 10.3. The molecule has 1 aliphatic rings. The van der Waals surface area contributed by atoms with Gasteiger partial charge in [0.2, 0.25) is 11.8 Å². The van der Waals surface area contributed by atoms with Crippen LogP contribution in [0.25, 0.3) is 0 Å². The molecule has 3 rings (SSSR count). The zero-order chi connectivity index (χ0) is 26.5. The van der Waals surface area contributed by atoms with Gasteiger partial charge in [-0.2, -0.15) is 12.6 Å². The van der Waals surface area contributed by atoms with Crippen molar-refractivity contribution >= 4 is 30.5 Å². The molecule has 7 nitrogen and oxygen atoms in total. The Hall–Kier alpha value is -3.00. The summed E-state index contributed by atoms with van der Waals surface area (Å²) in [5, 5.41) is 5.68. The van der Waals surface area contributed by atoms with Gasteiger partial charge in [0.15, 0.2) is 0 Å². The first-order valence-corrected chi connectivity index (χ1v) is 12.9. The molecule has 0 heterocycles. The minimum atomic E-state index is -0.932. The lowest BCUT2D eigenvalue weighted by Crippen LogP contribution is -2.54. The van der Waals surface area contributed by atoms with Gasteiger partial charge in [0, 0.05) is 18.3 Å². The van der Waals surface area contributed by atoms with Crippen LogP contribution in [0.15, 0.2) is 48.5 Å². The van der Waals surface area contributed by atoms with E-state index >= 15 is 0 Å². The minimum absolute atomic E-state index is 0.0758. The Labute approximate surface area is 219 Å². The predicted molar refractivity (Wildman–Crippen MR) is 144 cm³/mol. The Bertz CT molecular complexity index is 1080. The quantitative estimate of drug-likeness (QED) is 0.434. The number of hydrogen-bond acceptors (Lipinski definition) is 5. The van der Waals surface area contributed by atoms with Gasteiger partial charge in [0.05, 0.1) is 0 Å². The van der Waals surface area contributed by atoms with Gasteiger partial charge in [-0.25, -0.2) is 4.79 Å². The third-order valence-electron chi connectivity index (χ3n) is 5.93. The summed E-state index contributed by atoms with van der Waals surface area (Å²) in [4.78, 5) is 41.7. The van der Waals surface area contributed by atoms with E-state index in [1.54, 1.807) is 25.7 Å². The Morgan fingerprint density at radius 1 is 1.08 bits per heavy atom. The number of hydrogen-bond donors (Lipinski definition) is 3. The van der Waals surface area contributed by atoms with Crippen molar-refractivity contribution in [3.05, 3.63) is 70.8 Å². The first-order chi connectivity index (χ1) is 17.0. The minimum Gasteiger partial charge on any atom is -0.444 e. The summed E-state index contributed by atoms with van der Waals surface area (Å²) in [6, 6.07) is 13.7. The van der Waals surface area contributed by atoms with Gasteiger partial charge in [-0.05, 0) is 64.2 Å². The summed E-state index contributed by atoms with van der Waals surface area (Å²) in [6.07, 6.45) is 0.901. The zero-order valence-corrected chi connectivity index (χ0v) is 22.6. The highest BCUT2D eigenvalue weighted by atomic mass is 32.1. The smallest absolute Gasteiger partial charge is 0.408 e. The number of rotatable bonds is 9. The molecule has 0 spiro atoms. The van der Waals surface area contributed by atoms with Crippen LogP contribution in [0.2, 0.25) is 0 Å². The number of thiol groups is 1. The standard InChI is InChI=1S/C28H37N3O4S/c1-18-11-12-19(2)22(15-18)24(25(32)29-16-20-9-7-6-8-10-20)31(21-13-14-21)26(33)23(17-36)30-27(34)35-28(3,4)5/h6-12,15,21,23-24,36H,13-14,16-17H2,1-5H3,(H,29,32)(H,30,34). The van der Waals surface area contributed by atoms with E-state index in [4.69, 9.17) is 4.74 Å². The van der Waals surface area contributed by atoms with Gasteiger partial charge < -0.3 is 20.3 Å². The van der Waals surface area contributed by atoms with Crippen LogP contribution in [0.3, 0.4) is 0 Å². The molecule has 3 amide bonds. The fraction of sp³-hybridized carbons (Fsp3) is 0.464. The molecule has 1 fully saturated rings. The third-order valence-corrected chi connectivity index (χ3v) is 6.30. The van der Waals surface area contributed by atoms with Crippen molar-refractivity contribution < 1.29 is 19.1 Å². The SMILES string of the molecule is Cc1ccc(C)c(C(C(=O)NCc2ccccc2)N(C(=O)C(CS)NC(=O)OC(C)(C)C)C2CC2)c1. The monoisotopic (exact) mass is 511 g/mol. The molecule has 1 aliphatic carbocycles. The van der Waals surface area contributed by atoms with Crippen molar-refractivity contribution in [2.24, 2.45) is 0 Å². The van der Waals surface area contributed by atoms with Crippen LogP contribution in [-0.4, -0.2) is 46.2 Å². The van der Waals surface area contributed by atoms with Crippen molar-refractivity contribution in [3.63, 3.8) is 0 Å². The lowest BCUT2D eigenvalue weighted by atomic mass is 9.96. The summed E-state index contributed by atoms with van der Waals surface area (Å²) in [6.45, 7) is 9.53. The molecule has 2 N–H and O–H groups in total. The van der Waals surface area contributed by atoms with Crippen molar-refractivity contribution in [1.29, 1.82) is 0 Å². The van der Waals surface area contributed by atoms with Crippen LogP contribution in [0.4, 0.5) is 4.79 Å². The fourth-order valence-electron chi connectivity index (χ4n) is 4.04. The number of nitrogens with zero attached hydrogens (tertiary/aromatic N) is 1. The highest BCUT2D eigenvalue weighted by Crippen LogP contribution is 2.37. The molecule has 2 unspecified atom stereocenters. The van der Waals surface area contributed by atoms with Gasteiger partial charge in [-0.15, -0.1) is 0 Å². The average Bonchev–Trinajstić information content (AvgIpc) is 3.65. The first-order valence-electron chi connectivity index (χ1n) is 12.3. The van der Waals surface area contributed by atoms with Crippen LogP contribution in [0, 0.1) is 13.8 Å². The van der Waals surface area contributed by atoms with E-state index in [2.05, 4.69) is 23.3 Å². The molecular formula is C28H37N3O4S. The molecule has 8 heteroatoms. The maximum atomic E-state index is 13.9. The Morgan fingerprint density at radius 3 is 2.33 bits per heavy atom. The van der Waals surface area contributed by atoms with Gasteiger partial charge in [-0.3, -0.25) is 9.59 Å². The molecule has 1 saturated carbocycles. The topological polar surface area (TPSA) is 87.7 Å². The highest BCUT2D eigenvalue weighted by Gasteiger charge is 2.44. The zero-order valence-electron chi connectivity index (χ0n) is 21.7. The molecule has 0 radical (unpaired) electrons. The molecule has 0 aromatic heterocycles. The average molecular weight is 512 g/mol. The van der Waals surface area contributed by atoms with E-state index in [-0.39, 0.29) is 23.6 Å². The number of amides is 3. The highest BCUT2D eigenvalue weighted by molar-refractivity contribution is 7.80. The Morgan fingerprint density at radius 2 is 1.75 bits per heavy atom. The van der Waals surface area contributed by atoms with E-state index in [0.29, 0.717) is 6.54 Å². The van der Waals surface area contributed by atoms with Crippen LogP contribution in [0.1, 0.15) is 61.9 Å². The molecule has 0 bridgehead atoms. The molecule has 0 saturated heterocycles. The summed E-state index contributed by atoms with van der Waals surface area (Å²) in [7, 11) is 0. The summed E-state index contributed by atoms with van der Waals surface area (Å²) >= 11 is 4.34. The predicted octanol–water partition coefficient (Wildman–Crippen LogP) is 4.48. The van der Waals surface area contributed by atoms with Gasteiger partial charge >= 0.3 is 6.09 Å². The van der Waals surface area contributed by atoms with Crippen LogP contribution in [-0.2, 0) is 20.9 Å². The molecular weight excluding hydrogens is 474 g/mol. The van der Waals surface area contributed by atoms with Gasteiger partial charge in [0.25, 0.3) is 0 Å². The van der Waals surface area contributed by atoms with E-state index in [1.165, 1.54) is 0 Å². The van der Waals surface area contributed by atoms with E-state index in [1.807, 2.05) is 62.4 Å². The normalized spacial score (nSPS) is 14.9. The van der Waals surface area contributed by atoms with Crippen LogP contribution < -0.4 is 10.6 Å². The molecule has 2 aromatic carbocycles. The van der Waals surface area contributed by atoms with E-state index < -0.39 is 23.8 Å². The van der Waals surface area contributed by atoms with Crippen molar-refractivity contribution in [2.75, 3.05) is 5.75 Å². The lowest BCUT2D eigenvalue weighted by molar-refractivity contribution is -0.142. The largest absolute Gasteiger partial charge is 0.444 e. The maximum Gasteiger partial charge on any atom is 0.408 e. The number of carbonyl (C=O) groups excluding carboxylic acids is 3. The second-order valence-corrected chi connectivity index (χ2v) is 10.7. The van der Waals surface area contributed by atoms with Crippen molar-refractivity contribution in [2.45, 2.75) is 77.7 Å². The number of alkyl carbamates (subject to hydrolysis) is 1. The lowest BCUT2D eigenvalue weighted by Gasteiger charge is -2.35. The van der Waals surface area contributed by atoms with E-state index in [0.717, 1.165) is 35.1 Å². The second kappa shape index (κ2) is 11.8. The van der Waals surface area contributed by atoms with Gasteiger partial charge in [0.1, 0.15) is 17.7 Å². The molecule has 36 heavy (non-hydrogen) atoms. The summed E-state index contributed by atoms with van der Waals surface area (Å²) in [5.41, 5.74) is 2.95. The molecule has 2 aromatic rings. The number of aryl methyl sites for hydroxylation is 2. The Balaban J connectivity index is 1.93. The molecule has 2 atom stereocenters. The molecule has 194 valence electrons. The van der Waals surface area contributed by atoms with Crippen LogP contribution >= 0.6 is 12.6 Å². The van der Waals surface area contributed by atoms with Crippen molar-refractivity contribution in [1.82, 2.24) is 15.5 Å². The first kappa shape index (κ1) is 27.6. The summed E-state index contributed by atoms with van der Waals surface area (Å²) < 4.78 is 5.36. The number of carbonyl (C=O) groups is 3. The molecule has 0 aliphatic heterocycles. The number of ether oxygens (including phenoxy) is 1. The number of benzene rings is 2. The van der Waals surface area contributed by atoms with Crippen LogP contribution in [0.5, 0.6) is 0 Å². The maximum absolute atomic E-state index is 13.9.